The SMILES string of the molecule is C[C@H](NC(=O)COC(=O)/C=C/c1cccc(Oc2ccccc2)c1)c1ccco1. The van der Waals surface area contributed by atoms with E-state index in [2.05, 4.69) is 5.32 Å². The van der Waals surface area contributed by atoms with E-state index in [4.69, 9.17) is 13.9 Å². The molecule has 6 nitrogen and oxygen atoms in total. The number of carbonyl (C=O) groups is 2. The van der Waals surface area contributed by atoms with Gasteiger partial charge in [0.05, 0.1) is 12.3 Å². The Balaban J connectivity index is 1.47. The first-order chi connectivity index (χ1) is 14.1. The molecule has 0 spiro atoms. The lowest BCUT2D eigenvalue weighted by Crippen LogP contribution is -2.30. The highest BCUT2D eigenvalue weighted by Gasteiger charge is 2.12. The predicted molar refractivity (Wildman–Crippen MR) is 108 cm³/mol. The third kappa shape index (κ3) is 6.39. The molecule has 0 unspecified atom stereocenters. The smallest absolute Gasteiger partial charge is 0.331 e. The third-order valence-electron chi connectivity index (χ3n) is 3.94. The van der Waals surface area contributed by atoms with Crippen molar-refractivity contribution < 1.29 is 23.5 Å². The van der Waals surface area contributed by atoms with Crippen LogP contribution in [0.3, 0.4) is 0 Å². The van der Waals surface area contributed by atoms with Crippen molar-refractivity contribution in [3.63, 3.8) is 0 Å². The molecule has 1 atom stereocenters. The van der Waals surface area contributed by atoms with Crippen LogP contribution in [0.1, 0.15) is 24.3 Å². The molecular formula is C23H21NO5. The Labute approximate surface area is 168 Å². The van der Waals surface area contributed by atoms with E-state index in [-0.39, 0.29) is 12.6 Å². The summed E-state index contributed by atoms with van der Waals surface area (Å²) in [6, 6.07) is 19.9. The fourth-order valence-electron chi connectivity index (χ4n) is 2.55. The molecule has 0 fully saturated rings. The molecule has 0 aliphatic heterocycles. The zero-order chi connectivity index (χ0) is 20.5. The summed E-state index contributed by atoms with van der Waals surface area (Å²) in [6.07, 6.45) is 4.40. The minimum absolute atomic E-state index is 0.306. The largest absolute Gasteiger partial charge is 0.467 e. The van der Waals surface area contributed by atoms with Gasteiger partial charge in [-0.3, -0.25) is 4.79 Å². The Bertz CT molecular complexity index is 964. The lowest BCUT2D eigenvalue weighted by molar-refractivity contribution is -0.144. The zero-order valence-corrected chi connectivity index (χ0v) is 15.9. The highest BCUT2D eigenvalue weighted by atomic mass is 16.5. The van der Waals surface area contributed by atoms with E-state index in [1.165, 1.54) is 12.3 Å². The lowest BCUT2D eigenvalue weighted by Gasteiger charge is -2.11. The van der Waals surface area contributed by atoms with Gasteiger partial charge < -0.3 is 19.2 Å². The van der Waals surface area contributed by atoms with E-state index >= 15 is 0 Å². The first-order valence-electron chi connectivity index (χ1n) is 9.11. The Hall–Kier alpha value is -3.80. The standard InChI is InChI=1S/C23H21NO5/c1-17(21-11-6-14-27-21)24-22(25)16-28-23(26)13-12-18-7-5-10-20(15-18)29-19-8-3-2-4-9-19/h2-15,17H,16H2,1H3,(H,24,25)/b13-12+/t17-/m0/s1. The van der Waals surface area contributed by atoms with E-state index in [1.807, 2.05) is 48.5 Å². The molecular weight excluding hydrogens is 370 g/mol. The van der Waals surface area contributed by atoms with Crippen LogP contribution in [0.25, 0.3) is 6.08 Å². The molecule has 1 amide bonds. The molecule has 0 bridgehead atoms. The number of nitrogens with one attached hydrogen (secondary N) is 1. The molecule has 0 saturated heterocycles. The summed E-state index contributed by atoms with van der Waals surface area (Å²) in [5, 5.41) is 2.69. The van der Waals surface area contributed by atoms with Gasteiger partial charge in [-0.15, -0.1) is 0 Å². The van der Waals surface area contributed by atoms with E-state index in [1.54, 1.807) is 31.2 Å². The highest BCUT2D eigenvalue weighted by molar-refractivity contribution is 5.89. The number of para-hydroxylation sites is 1. The van der Waals surface area contributed by atoms with Crippen LogP contribution < -0.4 is 10.1 Å². The van der Waals surface area contributed by atoms with Crippen molar-refractivity contribution in [2.45, 2.75) is 13.0 Å². The summed E-state index contributed by atoms with van der Waals surface area (Å²) in [5.41, 5.74) is 0.770. The van der Waals surface area contributed by atoms with Crippen molar-refractivity contribution in [3.8, 4) is 11.5 Å². The van der Waals surface area contributed by atoms with Crippen molar-refractivity contribution in [1.82, 2.24) is 5.32 Å². The summed E-state index contributed by atoms with van der Waals surface area (Å²) < 4.78 is 15.9. The van der Waals surface area contributed by atoms with Crippen LogP contribution in [0.5, 0.6) is 11.5 Å². The van der Waals surface area contributed by atoms with Gasteiger partial charge in [0.15, 0.2) is 6.61 Å². The van der Waals surface area contributed by atoms with Crippen molar-refractivity contribution in [1.29, 1.82) is 0 Å². The van der Waals surface area contributed by atoms with Crippen LogP contribution in [0.15, 0.2) is 83.5 Å². The summed E-state index contributed by atoms with van der Waals surface area (Å²) in [5.74, 6) is 0.983. The van der Waals surface area contributed by atoms with Gasteiger partial charge >= 0.3 is 5.97 Å². The van der Waals surface area contributed by atoms with Crippen LogP contribution in [0.2, 0.25) is 0 Å². The van der Waals surface area contributed by atoms with Gasteiger partial charge in [0, 0.05) is 6.08 Å². The molecule has 148 valence electrons. The van der Waals surface area contributed by atoms with E-state index in [0.717, 1.165) is 11.3 Å². The lowest BCUT2D eigenvalue weighted by atomic mass is 10.2. The number of furan rings is 1. The molecule has 0 radical (unpaired) electrons. The van der Waals surface area contributed by atoms with Crippen LogP contribution >= 0.6 is 0 Å². The number of ether oxygens (including phenoxy) is 2. The molecule has 2 aromatic carbocycles. The normalized spacial score (nSPS) is 11.8. The van der Waals surface area contributed by atoms with Crippen LogP contribution in [-0.2, 0) is 14.3 Å². The molecule has 3 rings (SSSR count). The number of hydrogen-bond donors (Lipinski definition) is 1. The summed E-state index contributed by atoms with van der Waals surface area (Å²) in [4.78, 5) is 23.7. The summed E-state index contributed by atoms with van der Waals surface area (Å²) >= 11 is 0. The van der Waals surface area contributed by atoms with E-state index in [0.29, 0.717) is 11.5 Å². The Morgan fingerprint density at radius 2 is 1.83 bits per heavy atom. The first-order valence-corrected chi connectivity index (χ1v) is 9.11. The zero-order valence-electron chi connectivity index (χ0n) is 15.9. The highest BCUT2D eigenvalue weighted by Crippen LogP contribution is 2.22. The van der Waals surface area contributed by atoms with Crippen molar-refractivity contribution in [2.24, 2.45) is 0 Å². The number of amides is 1. The van der Waals surface area contributed by atoms with Gasteiger partial charge in [0.1, 0.15) is 17.3 Å². The number of benzene rings is 2. The molecule has 0 aliphatic carbocycles. The fourth-order valence-corrected chi connectivity index (χ4v) is 2.55. The molecule has 1 heterocycles. The Kier molecular flexibility index (Phi) is 6.84. The second kappa shape index (κ2) is 9.94. The quantitative estimate of drug-likeness (QED) is 0.452. The second-order valence-electron chi connectivity index (χ2n) is 6.23. The van der Waals surface area contributed by atoms with Gasteiger partial charge in [-0.2, -0.15) is 0 Å². The maximum Gasteiger partial charge on any atom is 0.331 e. The van der Waals surface area contributed by atoms with Crippen LogP contribution in [-0.4, -0.2) is 18.5 Å². The van der Waals surface area contributed by atoms with Crippen LogP contribution in [0, 0.1) is 0 Å². The number of carbonyl (C=O) groups excluding carboxylic acids is 2. The van der Waals surface area contributed by atoms with Crippen molar-refractivity contribution in [3.05, 3.63) is 90.4 Å². The van der Waals surface area contributed by atoms with Gasteiger partial charge in [-0.1, -0.05) is 30.3 Å². The molecule has 0 saturated carbocycles. The molecule has 1 aromatic heterocycles. The van der Waals surface area contributed by atoms with Gasteiger partial charge in [0.25, 0.3) is 5.91 Å². The van der Waals surface area contributed by atoms with E-state index < -0.39 is 11.9 Å². The summed E-state index contributed by atoms with van der Waals surface area (Å²) in [7, 11) is 0. The Morgan fingerprint density at radius 1 is 1.03 bits per heavy atom. The van der Waals surface area contributed by atoms with Crippen molar-refractivity contribution in [2.75, 3.05) is 6.61 Å². The number of hydrogen-bond acceptors (Lipinski definition) is 5. The summed E-state index contributed by atoms with van der Waals surface area (Å²) in [6.45, 7) is 1.41. The number of rotatable bonds is 8. The maximum atomic E-state index is 11.9. The first kappa shape index (κ1) is 19.9. The topological polar surface area (TPSA) is 77.8 Å². The van der Waals surface area contributed by atoms with Crippen molar-refractivity contribution >= 4 is 18.0 Å². The molecule has 0 aliphatic rings. The third-order valence-corrected chi connectivity index (χ3v) is 3.94. The molecule has 29 heavy (non-hydrogen) atoms. The second-order valence-corrected chi connectivity index (χ2v) is 6.23. The predicted octanol–water partition coefficient (Wildman–Crippen LogP) is 4.51. The van der Waals surface area contributed by atoms with Crippen LogP contribution in [0.4, 0.5) is 0 Å². The van der Waals surface area contributed by atoms with Gasteiger partial charge in [-0.25, -0.2) is 4.79 Å². The Morgan fingerprint density at radius 3 is 2.59 bits per heavy atom. The minimum Gasteiger partial charge on any atom is -0.467 e. The average molecular weight is 391 g/mol. The molecule has 6 heteroatoms. The maximum absolute atomic E-state index is 11.9. The fraction of sp³-hybridized carbons (Fsp3) is 0.130. The van der Waals surface area contributed by atoms with Gasteiger partial charge in [0.2, 0.25) is 0 Å². The van der Waals surface area contributed by atoms with E-state index in [9.17, 15) is 9.59 Å². The average Bonchev–Trinajstić information content (AvgIpc) is 3.27. The molecule has 3 aromatic rings. The minimum atomic E-state index is -0.611. The molecule has 1 N–H and O–H groups in total. The number of esters is 1. The monoisotopic (exact) mass is 391 g/mol. The van der Waals surface area contributed by atoms with Gasteiger partial charge in [-0.05, 0) is 55.0 Å².